The number of halogens is 2. The quantitative estimate of drug-likeness (QED) is 0.930. The van der Waals surface area contributed by atoms with Crippen LogP contribution in [0.4, 0.5) is 0 Å². The van der Waals surface area contributed by atoms with E-state index in [9.17, 15) is 0 Å². The first-order chi connectivity index (χ1) is 7.35. The number of benzene rings is 1. The van der Waals surface area contributed by atoms with Crippen molar-refractivity contribution in [3.63, 3.8) is 0 Å². The van der Waals surface area contributed by atoms with Gasteiger partial charge in [-0.05, 0) is 12.1 Å². The first kappa shape index (κ1) is 15.7. The molecule has 0 aliphatic rings. The van der Waals surface area contributed by atoms with Gasteiger partial charge in [-0.25, -0.2) is 0 Å². The van der Waals surface area contributed by atoms with Gasteiger partial charge in [0.2, 0.25) is 5.89 Å². The summed E-state index contributed by atoms with van der Waals surface area (Å²) in [6.45, 7) is 0.238. The Morgan fingerprint density at radius 3 is 2.53 bits per heavy atom. The molecular weight excluding hydrogens is 265 g/mol. The lowest BCUT2D eigenvalue weighted by atomic mass is 10.2. The zero-order chi connectivity index (χ0) is 10.7. The van der Waals surface area contributed by atoms with Crippen molar-refractivity contribution in [2.45, 2.75) is 6.54 Å². The Bertz CT molecular complexity index is 462. The molecule has 0 fully saturated rings. The van der Waals surface area contributed by atoms with E-state index in [2.05, 4.69) is 10.2 Å². The molecule has 0 saturated heterocycles. The third-order valence-corrected chi connectivity index (χ3v) is 1.98. The highest BCUT2D eigenvalue weighted by Crippen LogP contribution is 2.27. The first-order valence-corrected chi connectivity index (χ1v) is 4.51. The maximum absolute atomic E-state index is 5.38. The molecule has 0 spiro atoms. The second-order valence-corrected chi connectivity index (χ2v) is 2.91. The van der Waals surface area contributed by atoms with Gasteiger partial charge in [0.15, 0.2) is 0 Å². The number of nitrogens with zero attached hydrogens (tertiary/aromatic N) is 2. The van der Waals surface area contributed by atoms with Crippen molar-refractivity contribution in [2.24, 2.45) is 5.73 Å². The number of methoxy groups -OCH3 is 1. The Morgan fingerprint density at radius 2 is 1.94 bits per heavy atom. The van der Waals surface area contributed by atoms with E-state index in [1.807, 2.05) is 24.3 Å². The number of hydrogen-bond donors (Lipinski definition) is 1. The summed E-state index contributed by atoms with van der Waals surface area (Å²) in [6, 6.07) is 7.45. The molecular formula is C10H13Cl2N3O2. The highest BCUT2D eigenvalue weighted by atomic mass is 35.5. The molecule has 0 aliphatic heterocycles. The predicted octanol–water partition coefficient (Wildman–Crippen LogP) is 2.05. The van der Waals surface area contributed by atoms with Gasteiger partial charge in [-0.15, -0.1) is 35.0 Å². The summed E-state index contributed by atoms with van der Waals surface area (Å²) in [7, 11) is 1.60. The van der Waals surface area contributed by atoms with Crippen LogP contribution in [0.3, 0.4) is 0 Å². The monoisotopic (exact) mass is 277 g/mol. The summed E-state index contributed by atoms with van der Waals surface area (Å²) < 4.78 is 10.5. The van der Waals surface area contributed by atoms with Gasteiger partial charge in [-0.2, -0.15) is 0 Å². The lowest BCUT2D eigenvalue weighted by Crippen LogP contribution is -1.95. The van der Waals surface area contributed by atoms with E-state index in [1.54, 1.807) is 7.11 Å². The highest BCUT2D eigenvalue weighted by Gasteiger charge is 2.11. The molecule has 1 aromatic heterocycles. The number of hydrogen-bond acceptors (Lipinski definition) is 5. The van der Waals surface area contributed by atoms with E-state index in [1.165, 1.54) is 0 Å². The summed E-state index contributed by atoms with van der Waals surface area (Å²) in [4.78, 5) is 0. The fourth-order valence-corrected chi connectivity index (χ4v) is 1.27. The van der Waals surface area contributed by atoms with E-state index in [0.29, 0.717) is 17.5 Å². The summed E-state index contributed by atoms with van der Waals surface area (Å²) in [5, 5.41) is 7.68. The molecule has 0 unspecified atom stereocenters. The number of nitrogens with two attached hydrogens (primary N) is 1. The van der Waals surface area contributed by atoms with Crippen LogP contribution in [0.15, 0.2) is 28.7 Å². The molecule has 94 valence electrons. The topological polar surface area (TPSA) is 74.2 Å². The maximum Gasteiger partial charge on any atom is 0.251 e. The van der Waals surface area contributed by atoms with Crippen LogP contribution in [-0.2, 0) is 6.54 Å². The minimum absolute atomic E-state index is 0. The van der Waals surface area contributed by atoms with Gasteiger partial charge < -0.3 is 14.9 Å². The van der Waals surface area contributed by atoms with E-state index in [4.69, 9.17) is 14.9 Å². The van der Waals surface area contributed by atoms with Crippen molar-refractivity contribution in [1.82, 2.24) is 10.2 Å². The standard InChI is InChI=1S/C10H11N3O2.2ClH/c1-14-8-5-3-2-4-7(8)10-13-12-9(6-11)15-10;;/h2-5H,6,11H2,1H3;2*1H. The van der Waals surface area contributed by atoms with E-state index >= 15 is 0 Å². The normalized spacial score (nSPS) is 9.06. The van der Waals surface area contributed by atoms with Crippen molar-refractivity contribution in [3.8, 4) is 17.2 Å². The molecule has 1 heterocycles. The van der Waals surface area contributed by atoms with Gasteiger partial charge in [0.1, 0.15) is 5.75 Å². The van der Waals surface area contributed by atoms with E-state index in [-0.39, 0.29) is 31.4 Å². The van der Waals surface area contributed by atoms with E-state index < -0.39 is 0 Å². The number of rotatable bonds is 3. The van der Waals surface area contributed by atoms with Crippen LogP contribution in [0, 0.1) is 0 Å². The van der Waals surface area contributed by atoms with Crippen molar-refractivity contribution in [2.75, 3.05) is 7.11 Å². The number of para-hydroxylation sites is 1. The smallest absolute Gasteiger partial charge is 0.251 e. The second-order valence-electron chi connectivity index (χ2n) is 2.91. The van der Waals surface area contributed by atoms with Crippen molar-refractivity contribution < 1.29 is 9.15 Å². The predicted molar refractivity (Wildman–Crippen MR) is 68.7 cm³/mol. The van der Waals surface area contributed by atoms with Crippen molar-refractivity contribution >= 4 is 24.8 Å². The summed E-state index contributed by atoms with van der Waals surface area (Å²) in [5.74, 6) is 1.54. The Hall–Kier alpha value is -1.30. The van der Waals surface area contributed by atoms with Crippen LogP contribution in [0.1, 0.15) is 5.89 Å². The molecule has 5 nitrogen and oxygen atoms in total. The van der Waals surface area contributed by atoms with Gasteiger partial charge in [0, 0.05) is 0 Å². The Balaban J connectivity index is 0.00000128. The molecule has 0 amide bonds. The van der Waals surface area contributed by atoms with Crippen LogP contribution >= 0.6 is 24.8 Å². The Kier molecular flexibility index (Phi) is 6.57. The summed E-state index contributed by atoms with van der Waals surface area (Å²) in [5.41, 5.74) is 6.15. The molecule has 2 rings (SSSR count). The second kappa shape index (κ2) is 7.11. The third-order valence-electron chi connectivity index (χ3n) is 1.98. The number of ether oxygens (including phenoxy) is 1. The molecule has 1 aromatic carbocycles. The summed E-state index contributed by atoms with van der Waals surface area (Å²) in [6.07, 6.45) is 0. The molecule has 0 aliphatic carbocycles. The van der Waals surface area contributed by atoms with Gasteiger partial charge in [-0.1, -0.05) is 12.1 Å². The van der Waals surface area contributed by atoms with Crippen LogP contribution < -0.4 is 10.5 Å². The summed E-state index contributed by atoms with van der Waals surface area (Å²) >= 11 is 0. The van der Waals surface area contributed by atoms with Gasteiger partial charge >= 0.3 is 0 Å². The van der Waals surface area contributed by atoms with Gasteiger partial charge in [0.05, 0.1) is 19.2 Å². The highest BCUT2D eigenvalue weighted by molar-refractivity contribution is 5.85. The molecule has 0 radical (unpaired) electrons. The molecule has 0 bridgehead atoms. The zero-order valence-electron chi connectivity index (χ0n) is 9.12. The molecule has 2 N–H and O–H groups in total. The van der Waals surface area contributed by atoms with Crippen molar-refractivity contribution in [3.05, 3.63) is 30.2 Å². The average Bonchev–Trinajstić information content (AvgIpc) is 2.77. The van der Waals surface area contributed by atoms with Crippen molar-refractivity contribution in [1.29, 1.82) is 0 Å². The molecule has 2 aromatic rings. The molecule has 0 saturated carbocycles. The lowest BCUT2D eigenvalue weighted by molar-refractivity contribution is 0.413. The van der Waals surface area contributed by atoms with Gasteiger partial charge in [-0.3, -0.25) is 0 Å². The minimum atomic E-state index is 0. The fraction of sp³-hybridized carbons (Fsp3) is 0.200. The first-order valence-electron chi connectivity index (χ1n) is 4.51. The average molecular weight is 278 g/mol. The maximum atomic E-state index is 5.38. The molecule has 7 heteroatoms. The fourth-order valence-electron chi connectivity index (χ4n) is 1.27. The Labute approximate surface area is 111 Å². The molecule has 0 atom stereocenters. The lowest BCUT2D eigenvalue weighted by Gasteiger charge is -2.02. The SMILES string of the molecule is COc1ccccc1-c1nnc(CN)o1.Cl.Cl. The van der Waals surface area contributed by atoms with Crippen LogP contribution in [-0.4, -0.2) is 17.3 Å². The van der Waals surface area contributed by atoms with Crippen LogP contribution in [0.5, 0.6) is 5.75 Å². The molecule has 17 heavy (non-hydrogen) atoms. The third kappa shape index (κ3) is 3.33. The minimum Gasteiger partial charge on any atom is -0.496 e. The number of aromatic nitrogens is 2. The van der Waals surface area contributed by atoms with E-state index in [0.717, 1.165) is 5.56 Å². The van der Waals surface area contributed by atoms with Crippen LogP contribution in [0.25, 0.3) is 11.5 Å². The zero-order valence-corrected chi connectivity index (χ0v) is 10.8. The Morgan fingerprint density at radius 1 is 1.24 bits per heavy atom. The largest absolute Gasteiger partial charge is 0.496 e. The van der Waals surface area contributed by atoms with Crippen LogP contribution in [0.2, 0.25) is 0 Å². The van der Waals surface area contributed by atoms with Gasteiger partial charge in [0.25, 0.3) is 5.89 Å².